The zero-order chi connectivity index (χ0) is 20.4. The summed E-state index contributed by atoms with van der Waals surface area (Å²) in [6.07, 6.45) is 0.852. The van der Waals surface area contributed by atoms with Crippen LogP contribution in [0.3, 0.4) is 0 Å². The third-order valence-corrected chi connectivity index (χ3v) is 5.32. The Morgan fingerprint density at radius 2 is 2.03 bits per heavy atom. The van der Waals surface area contributed by atoms with E-state index in [1.165, 1.54) is 0 Å². The number of aryl methyl sites for hydroxylation is 3. The molecule has 150 valence electrons. The molecule has 4 aromatic rings. The summed E-state index contributed by atoms with van der Waals surface area (Å²) in [7, 11) is 0. The molecule has 1 amide bonds. The van der Waals surface area contributed by atoms with Crippen LogP contribution in [0.1, 0.15) is 35.0 Å². The second-order valence-corrected chi connectivity index (χ2v) is 7.22. The Kier molecular flexibility index (Phi) is 5.36. The van der Waals surface area contributed by atoms with Crippen LogP contribution in [0, 0.1) is 13.8 Å². The molecule has 0 saturated carbocycles. The van der Waals surface area contributed by atoms with E-state index in [4.69, 9.17) is 4.74 Å². The number of ether oxygens (including phenoxy) is 1. The maximum Gasteiger partial charge on any atom is 0.257 e. The number of fused-ring (bicyclic) bond motifs is 2. The molecule has 0 aliphatic carbocycles. The third-order valence-electron chi connectivity index (χ3n) is 5.32. The number of H-pyrrole nitrogens is 1. The van der Waals surface area contributed by atoms with E-state index in [9.17, 15) is 4.79 Å². The van der Waals surface area contributed by atoms with Gasteiger partial charge in [0.15, 0.2) is 0 Å². The smallest absolute Gasteiger partial charge is 0.257 e. The van der Waals surface area contributed by atoms with Gasteiger partial charge in [-0.15, -0.1) is 0 Å². The molecule has 6 nitrogen and oxygen atoms in total. The number of rotatable bonds is 7. The van der Waals surface area contributed by atoms with Crippen LogP contribution in [-0.4, -0.2) is 33.7 Å². The molecule has 29 heavy (non-hydrogen) atoms. The Morgan fingerprint density at radius 1 is 1.21 bits per heavy atom. The molecule has 4 rings (SSSR count). The summed E-state index contributed by atoms with van der Waals surface area (Å²) in [5, 5.41) is 4.08. The quantitative estimate of drug-likeness (QED) is 0.445. The SMILES string of the molecule is CCOCCCn1c(NC(=O)c2ccc3[nH]c(C)c(C)c3c2)nc2ccccc21. The van der Waals surface area contributed by atoms with E-state index in [1.54, 1.807) is 0 Å². The summed E-state index contributed by atoms with van der Waals surface area (Å²) in [5.41, 5.74) is 5.82. The van der Waals surface area contributed by atoms with E-state index < -0.39 is 0 Å². The van der Waals surface area contributed by atoms with Gasteiger partial charge < -0.3 is 14.3 Å². The lowest BCUT2D eigenvalue weighted by Gasteiger charge is -2.10. The summed E-state index contributed by atoms with van der Waals surface area (Å²) in [5.74, 6) is 0.404. The van der Waals surface area contributed by atoms with Crippen LogP contribution in [0.15, 0.2) is 42.5 Å². The van der Waals surface area contributed by atoms with Gasteiger partial charge in [0.2, 0.25) is 5.95 Å². The number of hydrogen-bond donors (Lipinski definition) is 2. The largest absolute Gasteiger partial charge is 0.382 e. The predicted octanol–water partition coefficient (Wildman–Crippen LogP) is 4.81. The Bertz CT molecular complexity index is 1170. The van der Waals surface area contributed by atoms with Gasteiger partial charge in [-0.2, -0.15) is 0 Å². The van der Waals surface area contributed by atoms with Crippen molar-refractivity contribution >= 4 is 33.8 Å². The first-order valence-electron chi connectivity index (χ1n) is 10.0. The van der Waals surface area contributed by atoms with Crippen LogP contribution in [0.25, 0.3) is 21.9 Å². The second-order valence-electron chi connectivity index (χ2n) is 7.22. The topological polar surface area (TPSA) is 71.9 Å². The van der Waals surface area contributed by atoms with Crippen molar-refractivity contribution in [2.45, 2.75) is 33.7 Å². The molecule has 0 atom stereocenters. The van der Waals surface area contributed by atoms with Crippen LogP contribution < -0.4 is 5.32 Å². The minimum Gasteiger partial charge on any atom is -0.382 e. The molecular formula is C23H26N4O2. The summed E-state index contributed by atoms with van der Waals surface area (Å²) < 4.78 is 7.52. The Morgan fingerprint density at radius 3 is 2.86 bits per heavy atom. The van der Waals surface area contributed by atoms with Gasteiger partial charge in [0, 0.05) is 41.9 Å². The standard InChI is InChI=1S/C23H26N4O2/c1-4-29-13-7-12-27-21-9-6-5-8-20(21)25-23(27)26-22(28)17-10-11-19-18(14-17)15(2)16(3)24-19/h5-6,8-11,14,24H,4,7,12-13H2,1-3H3,(H,25,26,28). The third kappa shape index (κ3) is 3.76. The first-order valence-corrected chi connectivity index (χ1v) is 10.0. The van der Waals surface area contributed by atoms with Crippen LogP contribution >= 0.6 is 0 Å². The number of hydrogen-bond acceptors (Lipinski definition) is 3. The van der Waals surface area contributed by atoms with Crippen molar-refractivity contribution in [3.05, 3.63) is 59.3 Å². The maximum absolute atomic E-state index is 13.0. The minimum atomic E-state index is -0.161. The number of aromatic amines is 1. The first kappa shape index (κ1) is 19.2. The van der Waals surface area contributed by atoms with E-state index in [2.05, 4.69) is 26.8 Å². The Labute approximate surface area is 169 Å². The average Bonchev–Trinajstić information content (AvgIpc) is 3.21. The van der Waals surface area contributed by atoms with Crippen molar-refractivity contribution < 1.29 is 9.53 Å². The molecule has 0 radical (unpaired) electrons. The van der Waals surface area contributed by atoms with Crippen molar-refractivity contribution in [1.29, 1.82) is 0 Å². The fourth-order valence-corrected chi connectivity index (χ4v) is 3.64. The van der Waals surface area contributed by atoms with Gasteiger partial charge in [-0.3, -0.25) is 10.1 Å². The predicted molar refractivity (Wildman–Crippen MR) is 117 cm³/mol. The summed E-state index contributed by atoms with van der Waals surface area (Å²) in [4.78, 5) is 21.0. The van der Waals surface area contributed by atoms with Gasteiger partial charge in [-0.25, -0.2) is 4.98 Å². The monoisotopic (exact) mass is 390 g/mol. The minimum absolute atomic E-state index is 0.161. The van der Waals surface area contributed by atoms with Crippen LogP contribution in [0.2, 0.25) is 0 Å². The molecule has 0 bridgehead atoms. The Hall–Kier alpha value is -3.12. The molecule has 2 N–H and O–H groups in total. The van der Waals surface area contributed by atoms with Crippen molar-refractivity contribution in [1.82, 2.24) is 14.5 Å². The van der Waals surface area contributed by atoms with Gasteiger partial charge in [0.05, 0.1) is 11.0 Å². The van der Waals surface area contributed by atoms with Gasteiger partial charge in [-0.1, -0.05) is 12.1 Å². The van der Waals surface area contributed by atoms with Crippen LogP contribution in [0.5, 0.6) is 0 Å². The summed E-state index contributed by atoms with van der Waals surface area (Å²) in [6.45, 7) is 8.20. The van der Waals surface area contributed by atoms with Crippen molar-refractivity contribution in [3.8, 4) is 0 Å². The highest BCUT2D eigenvalue weighted by Crippen LogP contribution is 2.24. The van der Waals surface area contributed by atoms with E-state index in [-0.39, 0.29) is 5.91 Å². The zero-order valence-electron chi connectivity index (χ0n) is 17.1. The lowest BCUT2D eigenvalue weighted by Crippen LogP contribution is -2.16. The number of carbonyl (C=O) groups is 1. The second kappa shape index (κ2) is 8.09. The highest BCUT2D eigenvalue weighted by atomic mass is 16.5. The number of anilines is 1. The van der Waals surface area contributed by atoms with Crippen LogP contribution in [-0.2, 0) is 11.3 Å². The van der Waals surface area contributed by atoms with Gasteiger partial charge >= 0.3 is 0 Å². The van der Waals surface area contributed by atoms with Crippen molar-refractivity contribution in [2.75, 3.05) is 18.5 Å². The van der Waals surface area contributed by atoms with E-state index in [0.717, 1.165) is 46.2 Å². The molecule has 0 spiro atoms. The number of amides is 1. The van der Waals surface area contributed by atoms with Crippen molar-refractivity contribution in [3.63, 3.8) is 0 Å². The number of carbonyl (C=O) groups excluding carboxylic acids is 1. The fourth-order valence-electron chi connectivity index (χ4n) is 3.64. The highest BCUT2D eigenvalue weighted by Gasteiger charge is 2.15. The van der Waals surface area contributed by atoms with Gasteiger partial charge in [0.1, 0.15) is 0 Å². The molecule has 2 heterocycles. The fraction of sp³-hybridized carbons (Fsp3) is 0.304. The van der Waals surface area contributed by atoms with E-state index >= 15 is 0 Å². The molecule has 0 aliphatic rings. The number of para-hydroxylation sites is 2. The molecule has 0 fully saturated rings. The molecule has 0 aliphatic heterocycles. The molecule has 6 heteroatoms. The Balaban J connectivity index is 1.62. The zero-order valence-corrected chi connectivity index (χ0v) is 17.1. The number of aromatic nitrogens is 3. The van der Waals surface area contributed by atoms with Crippen molar-refractivity contribution in [2.24, 2.45) is 0 Å². The van der Waals surface area contributed by atoms with Gasteiger partial charge in [-0.05, 0) is 63.1 Å². The molecule has 2 aromatic carbocycles. The van der Waals surface area contributed by atoms with Gasteiger partial charge in [0.25, 0.3) is 5.91 Å². The summed E-state index contributed by atoms with van der Waals surface area (Å²) in [6, 6.07) is 13.7. The lowest BCUT2D eigenvalue weighted by molar-refractivity contribution is 0.102. The normalized spacial score (nSPS) is 11.4. The number of nitrogens with one attached hydrogen (secondary N) is 2. The number of imidazole rings is 1. The van der Waals surface area contributed by atoms with E-state index in [0.29, 0.717) is 24.7 Å². The lowest BCUT2D eigenvalue weighted by atomic mass is 10.1. The average molecular weight is 390 g/mol. The maximum atomic E-state index is 13.0. The van der Waals surface area contributed by atoms with E-state index in [1.807, 2.05) is 56.3 Å². The highest BCUT2D eigenvalue weighted by molar-refractivity contribution is 6.06. The summed E-state index contributed by atoms with van der Waals surface area (Å²) >= 11 is 0. The number of nitrogens with zero attached hydrogens (tertiary/aromatic N) is 2. The molecule has 2 aromatic heterocycles. The first-order chi connectivity index (χ1) is 14.1. The molecular weight excluding hydrogens is 364 g/mol. The van der Waals surface area contributed by atoms with Crippen LogP contribution in [0.4, 0.5) is 5.95 Å². The molecule has 0 saturated heterocycles. The number of benzene rings is 2. The molecule has 0 unspecified atom stereocenters.